The Balaban J connectivity index is 1.31. The molecule has 5 nitrogen and oxygen atoms in total. The van der Waals surface area contributed by atoms with Crippen LogP contribution in [0, 0.1) is 0 Å². The lowest BCUT2D eigenvalue weighted by Crippen LogP contribution is -2.40. The highest BCUT2D eigenvalue weighted by atomic mass is 32.2. The Morgan fingerprint density at radius 2 is 1.96 bits per heavy atom. The van der Waals surface area contributed by atoms with E-state index in [-0.39, 0.29) is 12.8 Å². The molecule has 0 radical (unpaired) electrons. The molecule has 0 aliphatic carbocycles. The van der Waals surface area contributed by atoms with Crippen molar-refractivity contribution in [3.05, 3.63) is 59.7 Å². The SMILES string of the molecule is O=C(NCc1ccc2c(c1)OCO2)N1CCSC(c2ccccc2)CC1. The van der Waals surface area contributed by atoms with Crippen LogP contribution >= 0.6 is 11.8 Å². The van der Waals surface area contributed by atoms with Crippen LogP contribution in [0.4, 0.5) is 4.79 Å². The van der Waals surface area contributed by atoms with Crippen LogP contribution < -0.4 is 14.8 Å². The summed E-state index contributed by atoms with van der Waals surface area (Å²) < 4.78 is 10.7. The summed E-state index contributed by atoms with van der Waals surface area (Å²) >= 11 is 1.93. The van der Waals surface area contributed by atoms with Gasteiger partial charge in [-0.25, -0.2) is 4.79 Å². The van der Waals surface area contributed by atoms with E-state index in [2.05, 4.69) is 29.6 Å². The standard InChI is InChI=1S/C20H22N2O3S/c23-20(21-13-15-6-7-17-18(12-15)25-14-24-17)22-9-8-19(26-11-10-22)16-4-2-1-3-5-16/h1-7,12,19H,8-11,13-14H2,(H,21,23). The molecule has 6 heteroatoms. The third-order valence-electron chi connectivity index (χ3n) is 4.68. The maximum atomic E-state index is 12.6. The van der Waals surface area contributed by atoms with Gasteiger partial charge in [-0.15, -0.1) is 0 Å². The molecule has 2 heterocycles. The molecular formula is C20H22N2O3S. The summed E-state index contributed by atoms with van der Waals surface area (Å²) in [6.07, 6.45) is 0.978. The third kappa shape index (κ3) is 3.90. The van der Waals surface area contributed by atoms with Crippen LogP contribution in [0.5, 0.6) is 11.5 Å². The van der Waals surface area contributed by atoms with Gasteiger partial charge in [0, 0.05) is 30.6 Å². The monoisotopic (exact) mass is 370 g/mol. The molecule has 0 spiro atoms. The van der Waals surface area contributed by atoms with Crippen molar-refractivity contribution in [1.29, 1.82) is 0 Å². The minimum Gasteiger partial charge on any atom is -0.454 e. The summed E-state index contributed by atoms with van der Waals surface area (Å²) in [4.78, 5) is 14.5. The quantitative estimate of drug-likeness (QED) is 0.893. The lowest BCUT2D eigenvalue weighted by atomic mass is 10.1. The summed E-state index contributed by atoms with van der Waals surface area (Å²) in [7, 11) is 0. The lowest BCUT2D eigenvalue weighted by Gasteiger charge is -2.21. The van der Waals surface area contributed by atoms with E-state index < -0.39 is 0 Å². The molecule has 2 aromatic rings. The lowest BCUT2D eigenvalue weighted by molar-refractivity contribution is 0.174. The van der Waals surface area contributed by atoms with E-state index in [0.29, 0.717) is 11.8 Å². The smallest absolute Gasteiger partial charge is 0.317 e. The van der Waals surface area contributed by atoms with Gasteiger partial charge in [0.15, 0.2) is 11.5 Å². The van der Waals surface area contributed by atoms with Gasteiger partial charge in [-0.05, 0) is 29.7 Å². The number of ether oxygens (including phenoxy) is 2. The van der Waals surface area contributed by atoms with Crippen molar-refractivity contribution in [1.82, 2.24) is 10.2 Å². The van der Waals surface area contributed by atoms with E-state index in [4.69, 9.17) is 9.47 Å². The van der Waals surface area contributed by atoms with Gasteiger partial charge >= 0.3 is 6.03 Å². The number of hydrogen-bond donors (Lipinski definition) is 1. The van der Waals surface area contributed by atoms with Crippen molar-refractivity contribution in [2.45, 2.75) is 18.2 Å². The number of carbonyl (C=O) groups excluding carboxylic acids is 1. The molecule has 136 valence electrons. The number of nitrogens with one attached hydrogen (secondary N) is 1. The Hall–Kier alpha value is -2.34. The van der Waals surface area contributed by atoms with Gasteiger partial charge in [-0.2, -0.15) is 11.8 Å². The van der Waals surface area contributed by atoms with Gasteiger partial charge in [0.05, 0.1) is 0 Å². The van der Waals surface area contributed by atoms with Crippen LogP contribution in [0.2, 0.25) is 0 Å². The van der Waals surface area contributed by atoms with Crippen LogP contribution in [-0.4, -0.2) is 36.6 Å². The molecule has 4 rings (SSSR count). The second-order valence-electron chi connectivity index (χ2n) is 6.39. The number of fused-ring (bicyclic) bond motifs is 1. The first-order valence-corrected chi connectivity index (χ1v) is 9.92. The molecule has 0 aromatic heterocycles. The number of urea groups is 1. The Labute approximate surface area is 157 Å². The summed E-state index contributed by atoms with van der Waals surface area (Å²) in [6, 6.07) is 16.3. The average Bonchev–Trinajstić information content (AvgIpc) is 3.01. The van der Waals surface area contributed by atoms with Gasteiger partial charge in [0.25, 0.3) is 0 Å². The zero-order valence-corrected chi connectivity index (χ0v) is 15.3. The molecule has 1 unspecified atom stereocenters. The third-order valence-corrected chi connectivity index (χ3v) is 6.01. The largest absolute Gasteiger partial charge is 0.454 e. The number of hydrogen-bond acceptors (Lipinski definition) is 4. The normalized spacial score (nSPS) is 19.1. The van der Waals surface area contributed by atoms with Gasteiger partial charge < -0.3 is 19.7 Å². The number of nitrogens with zero attached hydrogens (tertiary/aromatic N) is 1. The fourth-order valence-electron chi connectivity index (χ4n) is 3.25. The van der Waals surface area contributed by atoms with Gasteiger partial charge in [0.1, 0.15) is 0 Å². The fraction of sp³-hybridized carbons (Fsp3) is 0.350. The highest BCUT2D eigenvalue weighted by Gasteiger charge is 2.22. The first-order chi connectivity index (χ1) is 12.8. The van der Waals surface area contributed by atoms with Crippen LogP contribution in [0.1, 0.15) is 22.8 Å². The molecule has 26 heavy (non-hydrogen) atoms. The average molecular weight is 370 g/mol. The molecule has 1 N–H and O–H groups in total. The number of rotatable bonds is 3. The van der Waals surface area contributed by atoms with Crippen molar-refractivity contribution >= 4 is 17.8 Å². The molecule has 1 fully saturated rings. The van der Waals surface area contributed by atoms with E-state index in [9.17, 15) is 4.79 Å². The van der Waals surface area contributed by atoms with Crippen molar-refractivity contribution in [2.24, 2.45) is 0 Å². The van der Waals surface area contributed by atoms with Crippen molar-refractivity contribution in [3.8, 4) is 11.5 Å². The summed E-state index contributed by atoms with van der Waals surface area (Å²) in [5, 5.41) is 3.48. The maximum absolute atomic E-state index is 12.6. The molecule has 2 aromatic carbocycles. The summed E-state index contributed by atoms with van der Waals surface area (Å²) in [5.74, 6) is 2.46. The molecule has 2 aliphatic rings. The maximum Gasteiger partial charge on any atom is 0.317 e. The van der Waals surface area contributed by atoms with E-state index in [1.54, 1.807) is 0 Å². The second-order valence-corrected chi connectivity index (χ2v) is 7.70. The van der Waals surface area contributed by atoms with Crippen LogP contribution in [0.25, 0.3) is 0 Å². The molecule has 0 saturated carbocycles. The zero-order chi connectivity index (χ0) is 17.8. The first kappa shape index (κ1) is 17.1. The number of carbonyl (C=O) groups is 1. The van der Waals surface area contributed by atoms with Crippen LogP contribution in [0.3, 0.4) is 0 Å². The van der Waals surface area contributed by atoms with Gasteiger partial charge in [-0.1, -0.05) is 36.4 Å². The molecular weight excluding hydrogens is 348 g/mol. The fourth-order valence-corrected chi connectivity index (χ4v) is 4.48. The van der Waals surface area contributed by atoms with E-state index >= 15 is 0 Å². The Kier molecular flexibility index (Phi) is 5.20. The highest BCUT2D eigenvalue weighted by Crippen LogP contribution is 2.34. The number of benzene rings is 2. The first-order valence-electron chi connectivity index (χ1n) is 8.87. The number of thioether (sulfide) groups is 1. The molecule has 2 amide bonds. The van der Waals surface area contributed by atoms with Gasteiger partial charge in [0.2, 0.25) is 6.79 Å². The summed E-state index contributed by atoms with van der Waals surface area (Å²) in [6.45, 7) is 2.31. The van der Waals surface area contributed by atoms with Crippen LogP contribution in [0.15, 0.2) is 48.5 Å². The minimum absolute atomic E-state index is 0.00280. The predicted octanol–water partition coefficient (Wildman–Crippen LogP) is 3.81. The zero-order valence-electron chi connectivity index (χ0n) is 14.5. The highest BCUT2D eigenvalue weighted by molar-refractivity contribution is 7.99. The van der Waals surface area contributed by atoms with Crippen LogP contribution in [-0.2, 0) is 6.54 Å². The van der Waals surface area contributed by atoms with E-state index in [1.165, 1.54) is 5.56 Å². The molecule has 0 bridgehead atoms. The second kappa shape index (κ2) is 7.91. The predicted molar refractivity (Wildman–Crippen MR) is 103 cm³/mol. The van der Waals surface area contributed by atoms with Crippen molar-refractivity contribution in [3.63, 3.8) is 0 Å². The molecule has 1 atom stereocenters. The van der Waals surface area contributed by atoms with Gasteiger partial charge in [-0.3, -0.25) is 0 Å². The van der Waals surface area contributed by atoms with Crippen molar-refractivity contribution in [2.75, 3.05) is 25.6 Å². The summed E-state index contributed by atoms with van der Waals surface area (Å²) in [5.41, 5.74) is 2.36. The minimum atomic E-state index is -0.00280. The Morgan fingerprint density at radius 3 is 2.85 bits per heavy atom. The molecule has 1 saturated heterocycles. The molecule has 2 aliphatic heterocycles. The topological polar surface area (TPSA) is 50.8 Å². The Morgan fingerprint density at radius 1 is 1.12 bits per heavy atom. The van der Waals surface area contributed by atoms with Crippen molar-refractivity contribution < 1.29 is 14.3 Å². The number of amides is 2. The Bertz CT molecular complexity index is 769. The van der Waals surface area contributed by atoms with E-state index in [0.717, 1.165) is 42.3 Å². The van der Waals surface area contributed by atoms with E-state index in [1.807, 2.05) is 40.9 Å².